The summed E-state index contributed by atoms with van der Waals surface area (Å²) in [5.41, 5.74) is 2.86. The molecule has 1 aliphatic carbocycles. The second kappa shape index (κ2) is 5.35. The predicted octanol–water partition coefficient (Wildman–Crippen LogP) is 4.15. The van der Waals surface area contributed by atoms with Crippen molar-refractivity contribution >= 4 is 5.97 Å². The van der Waals surface area contributed by atoms with E-state index in [0.717, 1.165) is 12.8 Å². The van der Waals surface area contributed by atoms with Crippen molar-refractivity contribution in [1.82, 2.24) is 0 Å². The quantitative estimate of drug-likeness (QED) is 0.530. The third-order valence-corrected chi connectivity index (χ3v) is 3.16. The molecule has 0 heterocycles. The zero-order valence-corrected chi connectivity index (χ0v) is 11.5. The smallest absolute Gasteiger partial charge is 0.307 e. The highest BCUT2D eigenvalue weighted by molar-refractivity contribution is 5.67. The summed E-state index contributed by atoms with van der Waals surface area (Å²) in [4.78, 5) is 10.8. The van der Waals surface area contributed by atoms with Crippen LogP contribution in [0.4, 0.5) is 0 Å². The molecule has 0 aromatic carbocycles. The Morgan fingerprint density at radius 1 is 1.41 bits per heavy atom. The molecule has 0 N–H and O–H groups in total. The normalized spacial score (nSPS) is 22.3. The van der Waals surface area contributed by atoms with E-state index in [2.05, 4.69) is 32.9 Å². The van der Waals surface area contributed by atoms with Gasteiger partial charge < -0.3 is 4.74 Å². The van der Waals surface area contributed by atoms with Gasteiger partial charge in [-0.3, -0.25) is 4.79 Å². The molecule has 17 heavy (non-hydrogen) atoms. The number of hydrogen-bond acceptors (Lipinski definition) is 2. The summed E-state index contributed by atoms with van der Waals surface area (Å²) in [6.07, 6.45) is 8.52. The number of carbonyl (C=O) groups is 1. The summed E-state index contributed by atoms with van der Waals surface area (Å²) in [6, 6.07) is 0. The van der Waals surface area contributed by atoms with Crippen LogP contribution in [0.2, 0.25) is 0 Å². The van der Waals surface area contributed by atoms with E-state index >= 15 is 0 Å². The molecule has 0 saturated heterocycles. The lowest BCUT2D eigenvalue weighted by molar-refractivity contribution is -0.136. The zero-order chi connectivity index (χ0) is 13.1. The Labute approximate surface area is 104 Å². The fourth-order valence-electron chi connectivity index (χ4n) is 2.25. The number of esters is 1. The Balaban J connectivity index is 2.93. The van der Waals surface area contributed by atoms with E-state index in [9.17, 15) is 4.79 Å². The van der Waals surface area contributed by atoms with Crippen molar-refractivity contribution in [3.63, 3.8) is 0 Å². The highest BCUT2D eigenvalue weighted by atomic mass is 16.5. The molecule has 1 rings (SSSR count). The molecule has 0 amide bonds. The molecule has 0 unspecified atom stereocenters. The lowest BCUT2D eigenvalue weighted by atomic mass is 9.73. The minimum Gasteiger partial charge on any atom is -0.432 e. The molecule has 0 aliphatic heterocycles. The predicted molar refractivity (Wildman–Crippen MR) is 70.4 cm³/mol. The second-order valence-electron chi connectivity index (χ2n) is 5.26. The van der Waals surface area contributed by atoms with E-state index in [-0.39, 0.29) is 11.4 Å². The molecule has 0 bridgehead atoms. The van der Waals surface area contributed by atoms with Crippen LogP contribution in [0.5, 0.6) is 0 Å². The van der Waals surface area contributed by atoms with Crippen molar-refractivity contribution in [3.8, 4) is 0 Å². The average Bonchev–Trinajstić information content (AvgIpc) is 2.14. The van der Waals surface area contributed by atoms with Gasteiger partial charge in [-0.05, 0) is 43.8 Å². The Kier molecular flexibility index (Phi) is 4.33. The Hall–Kier alpha value is -1.31. The standard InChI is InChI=1S/C15H22O2/c1-11-7-6-10-15(4,5)14(11)9-8-12(2)17-13(3)16/h7-9H,6,10H2,1-5H3/b12-8+,14-9-. The lowest BCUT2D eigenvalue weighted by Gasteiger charge is -2.32. The van der Waals surface area contributed by atoms with Gasteiger partial charge in [-0.15, -0.1) is 0 Å². The van der Waals surface area contributed by atoms with E-state index in [1.807, 2.05) is 6.08 Å². The van der Waals surface area contributed by atoms with Crippen LogP contribution in [-0.4, -0.2) is 5.97 Å². The molecule has 0 spiro atoms. The van der Waals surface area contributed by atoms with Gasteiger partial charge in [-0.1, -0.05) is 31.6 Å². The molecule has 0 aromatic rings. The van der Waals surface area contributed by atoms with Gasteiger partial charge in [-0.25, -0.2) is 0 Å². The van der Waals surface area contributed by atoms with E-state index in [1.54, 1.807) is 6.92 Å². The number of carbonyl (C=O) groups excluding carboxylic acids is 1. The van der Waals surface area contributed by atoms with E-state index in [0.29, 0.717) is 5.76 Å². The first-order valence-corrected chi connectivity index (χ1v) is 6.07. The molecule has 0 saturated carbocycles. The maximum Gasteiger partial charge on any atom is 0.307 e. The van der Waals surface area contributed by atoms with Crippen molar-refractivity contribution in [3.05, 3.63) is 35.1 Å². The fourth-order valence-corrected chi connectivity index (χ4v) is 2.25. The molecule has 0 fully saturated rings. The average molecular weight is 234 g/mol. The molecular weight excluding hydrogens is 212 g/mol. The SMILES string of the molecule is CC(=O)O/C(C)=C/C=C1/C(C)=CCCC1(C)C. The van der Waals surface area contributed by atoms with Gasteiger partial charge in [0.05, 0.1) is 0 Å². The molecule has 0 atom stereocenters. The molecule has 0 radical (unpaired) electrons. The first-order valence-electron chi connectivity index (χ1n) is 6.07. The van der Waals surface area contributed by atoms with E-state index in [1.165, 1.54) is 18.1 Å². The van der Waals surface area contributed by atoms with Crippen LogP contribution >= 0.6 is 0 Å². The van der Waals surface area contributed by atoms with Crippen LogP contribution in [0.3, 0.4) is 0 Å². The van der Waals surface area contributed by atoms with Gasteiger partial charge in [0, 0.05) is 6.92 Å². The number of hydrogen-bond donors (Lipinski definition) is 0. The third-order valence-electron chi connectivity index (χ3n) is 3.16. The Morgan fingerprint density at radius 2 is 2.06 bits per heavy atom. The summed E-state index contributed by atoms with van der Waals surface area (Å²) in [5.74, 6) is 0.367. The summed E-state index contributed by atoms with van der Waals surface area (Å²) in [6.45, 7) is 9.87. The van der Waals surface area contributed by atoms with E-state index in [4.69, 9.17) is 4.74 Å². The summed E-state index contributed by atoms with van der Waals surface area (Å²) < 4.78 is 5.00. The van der Waals surface area contributed by atoms with Gasteiger partial charge in [0.2, 0.25) is 0 Å². The summed E-state index contributed by atoms with van der Waals surface area (Å²) in [5, 5.41) is 0. The van der Waals surface area contributed by atoms with Gasteiger partial charge in [0.25, 0.3) is 0 Å². The third kappa shape index (κ3) is 3.88. The minimum atomic E-state index is -0.271. The van der Waals surface area contributed by atoms with Crippen LogP contribution in [0.25, 0.3) is 0 Å². The summed E-state index contributed by atoms with van der Waals surface area (Å²) >= 11 is 0. The van der Waals surface area contributed by atoms with Crippen molar-refractivity contribution in [2.75, 3.05) is 0 Å². The van der Waals surface area contributed by atoms with Gasteiger partial charge >= 0.3 is 5.97 Å². The molecule has 1 aliphatic rings. The number of rotatable bonds is 2. The van der Waals surface area contributed by atoms with Crippen molar-refractivity contribution in [2.45, 2.75) is 47.5 Å². The molecule has 0 aromatic heterocycles. The minimum absolute atomic E-state index is 0.200. The monoisotopic (exact) mass is 234 g/mol. The first-order chi connectivity index (χ1) is 7.83. The maximum atomic E-state index is 10.8. The Morgan fingerprint density at radius 3 is 2.59 bits per heavy atom. The Bertz CT molecular complexity index is 395. The largest absolute Gasteiger partial charge is 0.432 e. The topological polar surface area (TPSA) is 26.3 Å². The van der Waals surface area contributed by atoms with Crippen LogP contribution in [0, 0.1) is 5.41 Å². The van der Waals surface area contributed by atoms with Crippen molar-refractivity contribution < 1.29 is 9.53 Å². The molecule has 2 nitrogen and oxygen atoms in total. The van der Waals surface area contributed by atoms with Crippen molar-refractivity contribution in [1.29, 1.82) is 0 Å². The van der Waals surface area contributed by atoms with Gasteiger partial charge in [0.15, 0.2) is 0 Å². The maximum absolute atomic E-state index is 10.8. The first kappa shape index (κ1) is 13.8. The zero-order valence-electron chi connectivity index (χ0n) is 11.5. The number of allylic oxidation sites excluding steroid dienone is 6. The highest BCUT2D eigenvalue weighted by Crippen LogP contribution is 2.40. The van der Waals surface area contributed by atoms with E-state index < -0.39 is 0 Å². The molecule has 94 valence electrons. The van der Waals surface area contributed by atoms with Crippen LogP contribution in [-0.2, 0) is 9.53 Å². The van der Waals surface area contributed by atoms with Crippen LogP contribution in [0.15, 0.2) is 35.1 Å². The lowest BCUT2D eigenvalue weighted by Crippen LogP contribution is -2.18. The van der Waals surface area contributed by atoms with Gasteiger partial charge in [0.1, 0.15) is 5.76 Å². The number of ether oxygens (including phenoxy) is 1. The van der Waals surface area contributed by atoms with Crippen LogP contribution < -0.4 is 0 Å². The second-order valence-corrected chi connectivity index (χ2v) is 5.26. The fraction of sp³-hybridized carbons (Fsp3) is 0.533. The molecular formula is C15H22O2. The highest BCUT2D eigenvalue weighted by Gasteiger charge is 2.26. The van der Waals surface area contributed by atoms with Gasteiger partial charge in [-0.2, -0.15) is 0 Å². The van der Waals surface area contributed by atoms with Crippen LogP contribution in [0.1, 0.15) is 47.5 Å². The summed E-state index contributed by atoms with van der Waals surface area (Å²) in [7, 11) is 0. The molecule has 2 heteroatoms. The van der Waals surface area contributed by atoms with Crippen molar-refractivity contribution in [2.24, 2.45) is 5.41 Å².